The molecule has 170 valence electrons. The average Bonchev–Trinajstić information content (AvgIpc) is 3.08. The maximum Gasteiger partial charge on any atom is 0.204 e. The average molecular weight is 463 g/mol. The van der Waals surface area contributed by atoms with Crippen molar-refractivity contribution in [3.63, 3.8) is 0 Å². The monoisotopic (exact) mass is 462 g/mol. The van der Waals surface area contributed by atoms with Gasteiger partial charge in [0.2, 0.25) is 5.95 Å². The Balaban J connectivity index is 1.66. The van der Waals surface area contributed by atoms with Gasteiger partial charge in [0.15, 0.2) is 0 Å². The summed E-state index contributed by atoms with van der Waals surface area (Å²) < 4.78 is 16.5. The van der Waals surface area contributed by atoms with Crippen LogP contribution in [0, 0.1) is 32.5 Å². The van der Waals surface area contributed by atoms with E-state index < -0.39 is 0 Å². The van der Waals surface area contributed by atoms with Crippen LogP contribution in [-0.4, -0.2) is 29.2 Å². The van der Waals surface area contributed by atoms with Crippen molar-refractivity contribution in [3.8, 4) is 11.1 Å². The van der Waals surface area contributed by atoms with Crippen molar-refractivity contribution in [2.45, 2.75) is 27.3 Å². The summed E-state index contributed by atoms with van der Waals surface area (Å²) in [6.07, 6.45) is 0. The number of nitrogens with one attached hydrogen (secondary N) is 2. The number of aryl methyl sites for hydroxylation is 3. The summed E-state index contributed by atoms with van der Waals surface area (Å²) in [5, 5.41) is 7.61. The fourth-order valence-electron chi connectivity index (χ4n) is 4.58. The zero-order valence-electron chi connectivity index (χ0n) is 19.2. The van der Waals surface area contributed by atoms with E-state index in [-0.39, 0.29) is 5.82 Å². The first-order valence-electron chi connectivity index (χ1n) is 11.4. The van der Waals surface area contributed by atoms with E-state index in [0.29, 0.717) is 28.6 Å². The lowest BCUT2D eigenvalue weighted by molar-refractivity contribution is 0.364. The number of hydrogen-bond donors (Lipinski definition) is 2. The molecule has 0 aliphatic carbocycles. The lowest BCUT2D eigenvalue weighted by Crippen LogP contribution is -2.45. The van der Waals surface area contributed by atoms with E-state index in [1.807, 2.05) is 50.2 Å². The van der Waals surface area contributed by atoms with Crippen molar-refractivity contribution in [1.82, 2.24) is 14.9 Å². The summed E-state index contributed by atoms with van der Waals surface area (Å²) >= 11 is 6.57. The molecule has 4 nitrogen and oxygen atoms in total. The summed E-state index contributed by atoms with van der Waals surface area (Å²) in [5.74, 6) is 1.29. The van der Waals surface area contributed by atoms with Crippen LogP contribution in [0.15, 0.2) is 48.5 Å². The molecule has 0 amide bonds. The largest absolute Gasteiger partial charge is 0.355 e. The fourth-order valence-corrected chi connectivity index (χ4v) is 4.82. The molecule has 4 aromatic rings. The number of nitrogens with zero attached hydrogens (tertiary/aromatic N) is 2. The van der Waals surface area contributed by atoms with Gasteiger partial charge in [-0.3, -0.25) is 0 Å². The molecule has 0 spiro atoms. The smallest absolute Gasteiger partial charge is 0.204 e. The van der Waals surface area contributed by atoms with Gasteiger partial charge in [0.05, 0.1) is 17.6 Å². The molecule has 0 bridgehead atoms. The summed E-state index contributed by atoms with van der Waals surface area (Å²) in [7, 11) is 0. The Labute approximate surface area is 198 Å². The lowest BCUT2D eigenvalue weighted by Gasteiger charge is -2.27. The Morgan fingerprint density at radius 1 is 1.06 bits per heavy atom. The normalized spacial score (nSPS) is 14.0. The first-order valence-corrected chi connectivity index (χ1v) is 11.7. The Morgan fingerprint density at radius 3 is 2.45 bits per heavy atom. The highest BCUT2D eigenvalue weighted by Crippen LogP contribution is 2.36. The molecular formula is C27H28ClFN4. The minimum Gasteiger partial charge on any atom is -0.355 e. The second-order valence-electron chi connectivity index (χ2n) is 9.13. The number of fused-ring (bicyclic) bond motifs is 1. The zero-order valence-corrected chi connectivity index (χ0v) is 19.9. The molecule has 1 aromatic heterocycles. The van der Waals surface area contributed by atoms with Crippen LogP contribution in [0.2, 0.25) is 5.02 Å². The lowest BCUT2D eigenvalue weighted by atomic mass is 10.0. The van der Waals surface area contributed by atoms with Crippen LogP contribution in [0.1, 0.15) is 22.3 Å². The number of halogens is 2. The third kappa shape index (κ3) is 4.23. The van der Waals surface area contributed by atoms with Crippen LogP contribution in [0.5, 0.6) is 0 Å². The van der Waals surface area contributed by atoms with E-state index in [1.54, 1.807) is 0 Å². The summed E-state index contributed by atoms with van der Waals surface area (Å²) in [6, 6.07) is 16.1. The van der Waals surface area contributed by atoms with Crippen molar-refractivity contribution in [2.75, 3.05) is 25.0 Å². The fraction of sp³-hybridized carbons (Fsp3) is 0.296. The van der Waals surface area contributed by atoms with Crippen molar-refractivity contribution in [1.29, 1.82) is 0 Å². The molecule has 1 fully saturated rings. The molecule has 1 aliphatic rings. The second kappa shape index (κ2) is 8.81. The topological polar surface area (TPSA) is 41.9 Å². The van der Waals surface area contributed by atoms with E-state index >= 15 is 0 Å². The second-order valence-corrected chi connectivity index (χ2v) is 9.54. The number of hydrogen-bond acceptors (Lipinski definition) is 3. The Bertz CT molecular complexity index is 1320. The van der Waals surface area contributed by atoms with Crippen molar-refractivity contribution in [2.24, 2.45) is 5.92 Å². The molecule has 6 heteroatoms. The van der Waals surface area contributed by atoms with Gasteiger partial charge in [-0.1, -0.05) is 41.9 Å². The molecule has 1 aliphatic heterocycles. The van der Waals surface area contributed by atoms with Gasteiger partial charge in [-0.25, -0.2) is 9.37 Å². The molecule has 33 heavy (non-hydrogen) atoms. The quantitative estimate of drug-likeness (QED) is 0.363. The Morgan fingerprint density at radius 2 is 1.79 bits per heavy atom. The predicted molar refractivity (Wildman–Crippen MR) is 135 cm³/mol. The predicted octanol–water partition coefficient (Wildman–Crippen LogP) is 6.10. The van der Waals surface area contributed by atoms with Crippen LogP contribution in [-0.2, 0) is 6.54 Å². The maximum atomic E-state index is 14.3. The Hall–Kier alpha value is -2.89. The highest BCUT2D eigenvalue weighted by Gasteiger charge is 2.21. The molecule has 2 heterocycles. The summed E-state index contributed by atoms with van der Waals surface area (Å²) in [4.78, 5) is 5.06. The molecule has 2 N–H and O–H groups in total. The van der Waals surface area contributed by atoms with Gasteiger partial charge in [0.25, 0.3) is 0 Å². The number of benzene rings is 3. The van der Waals surface area contributed by atoms with Crippen molar-refractivity contribution in [3.05, 3.63) is 81.6 Å². The molecule has 0 unspecified atom stereocenters. The van der Waals surface area contributed by atoms with Gasteiger partial charge in [-0.2, -0.15) is 0 Å². The number of anilines is 1. The minimum atomic E-state index is -0.137. The molecular weight excluding hydrogens is 435 g/mol. The molecule has 5 rings (SSSR count). The maximum absolute atomic E-state index is 14.3. The van der Waals surface area contributed by atoms with Gasteiger partial charge < -0.3 is 15.2 Å². The molecule has 0 atom stereocenters. The van der Waals surface area contributed by atoms with Crippen molar-refractivity contribution >= 4 is 28.6 Å². The number of rotatable bonds is 6. The first-order chi connectivity index (χ1) is 15.9. The van der Waals surface area contributed by atoms with Crippen LogP contribution < -0.4 is 10.6 Å². The third-order valence-corrected chi connectivity index (χ3v) is 6.74. The molecule has 0 radical (unpaired) electrons. The Kier molecular flexibility index (Phi) is 5.85. The summed E-state index contributed by atoms with van der Waals surface area (Å²) in [6.45, 7) is 9.24. The van der Waals surface area contributed by atoms with Gasteiger partial charge in [0, 0.05) is 41.7 Å². The number of imidazole rings is 1. The standard InChI is InChI=1S/C27H28ClFN4/c1-16-8-22(21-6-4-5-7-23(21)28)26-24(9-16)33(27(32-26)31-14-20-12-30-13-20)15-19-10-17(2)25(29)18(3)11-19/h4-11,20,30H,12-15H2,1-3H3,(H,31,32). The molecule has 1 saturated heterocycles. The van der Waals surface area contributed by atoms with Gasteiger partial charge in [-0.15, -0.1) is 0 Å². The van der Waals surface area contributed by atoms with Gasteiger partial charge in [0.1, 0.15) is 5.82 Å². The highest BCUT2D eigenvalue weighted by atomic mass is 35.5. The van der Waals surface area contributed by atoms with E-state index in [0.717, 1.165) is 58.9 Å². The van der Waals surface area contributed by atoms with Gasteiger partial charge in [-0.05, 0) is 61.2 Å². The SMILES string of the molecule is Cc1cc(-c2ccccc2Cl)c2nc(NCC3CNC3)n(Cc3cc(C)c(F)c(C)c3)c2c1. The van der Waals surface area contributed by atoms with E-state index in [9.17, 15) is 4.39 Å². The first kappa shape index (κ1) is 21.9. The highest BCUT2D eigenvalue weighted by molar-refractivity contribution is 6.33. The molecule has 3 aromatic carbocycles. The van der Waals surface area contributed by atoms with Crippen molar-refractivity contribution < 1.29 is 4.39 Å². The van der Waals surface area contributed by atoms with Crippen LogP contribution >= 0.6 is 11.6 Å². The molecule has 0 saturated carbocycles. The van der Waals surface area contributed by atoms with Crippen LogP contribution in [0.3, 0.4) is 0 Å². The van der Waals surface area contributed by atoms with Crippen LogP contribution in [0.4, 0.5) is 10.3 Å². The van der Waals surface area contributed by atoms with Crippen LogP contribution in [0.25, 0.3) is 22.2 Å². The van der Waals surface area contributed by atoms with Gasteiger partial charge >= 0.3 is 0 Å². The number of aromatic nitrogens is 2. The summed E-state index contributed by atoms with van der Waals surface area (Å²) in [5.41, 5.74) is 7.47. The van der Waals surface area contributed by atoms with E-state index in [2.05, 4.69) is 34.3 Å². The zero-order chi connectivity index (χ0) is 23.1. The van der Waals surface area contributed by atoms with E-state index in [4.69, 9.17) is 16.6 Å². The third-order valence-electron chi connectivity index (χ3n) is 6.41. The van der Waals surface area contributed by atoms with E-state index in [1.165, 1.54) is 0 Å². The minimum absolute atomic E-state index is 0.137.